The highest BCUT2D eigenvalue weighted by Crippen LogP contribution is 2.25. The molecule has 0 radical (unpaired) electrons. The van der Waals surface area contributed by atoms with Gasteiger partial charge >= 0.3 is 0 Å². The summed E-state index contributed by atoms with van der Waals surface area (Å²) < 4.78 is 0. The first-order chi connectivity index (χ1) is 7.74. The van der Waals surface area contributed by atoms with Crippen LogP contribution in [0.1, 0.15) is 33.1 Å². The van der Waals surface area contributed by atoms with E-state index >= 15 is 0 Å². The maximum atomic E-state index is 11.2. The van der Waals surface area contributed by atoms with Crippen molar-refractivity contribution in [2.75, 3.05) is 26.2 Å². The monoisotopic (exact) mass is 222 g/mol. The Morgan fingerprint density at radius 2 is 2.12 bits per heavy atom. The van der Waals surface area contributed by atoms with Gasteiger partial charge in [0.1, 0.15) is 0 Å². The van der Waals surface area contributed by atoms with Crippen LogP contribution in [0.4, 0.5) is 0 Å². The SMILES string of the molecule is CCN(CC)C1CCN(C2=CC(=O)CC2)C1. The minimum atomic E-state index is 0.307. The van der Waals surface area contributed by atoms with Crippen molar-refractivity contribution in [3.05, 3.63) is 11.8 Å². The summed E-state index contributed by atoms with van der Waals surface area (Å²) in [5.74, 6) is 0.307. The highest BCUT2D eigenvalue weighted by Gasteiger charge is 2.28. The lowest BCUT2D eigenvalue weighted by molar-refractivity contribution is -0.114. The first-order valence-electron chi connectivity index (χ1n) is 6.47. The summed E-state index contributed by atoms with van der Waals surface area (Å²) in [7, 11) is 0. The number of hydrogen-bond acceptors (Lipinski definition) is 3. The summed E-state index contributed by atoms with van der Waals surface area (Å²) in [6.07, 6.45) is 4.78. The van der Waals surface area contributed by atoms with Crippen LogP contribution in [-0.4, -0.2) is 47.8 Å². The van der Waals surface area contributed by atoms with Crippen molar-refractivity contribution in [3.63, 3.8) is 0 Å². The predicted octanol–water partition coefficient (Wildman–Crippen LogP) is 1.65. The van der Waals surface area contributed by atoms with Crippen LogP contribution in [-0.2, 0) is 4.79 Å². The zero-order valence-corrected chi connectivity index (χ0v) is 10.4. The number of nitrogens with zero attached hydrogens (tertiary/aromatic N) is 2. The molecule has 0 spiro atoms. The summed E-state index contributed by atoms with van der Waals surface area (Å²) in [5.41, 5.74) is 1.28. The molecule has 1 saturated heterocycles. The van der Waals surface area contributed by atoms with E-state index in [4.69, 9.17) is 0 Å². The Morgan fingerprint density at radius 1 is 1.38 bits per heavy atom. The van der Waals surface area contributed by atoms with Gasteiger partial charge in [0.15, 0.2) is 5.78 Å². The predicted molar refractivity (Wildman–Crippen MR) is 65.2 cm³/mol. The molecule has 1 fully saturated rings. The van der Waals surface area contributed by atoms with E-state index in [1.807, 2.05) is 6.08 Å². The summed E-state index contributed by atoms with van der Waals surface area (Å²) in [6.45, 7) is 8.95. The molecule has 1 atom stereocenters. The first-order valence-corrected chi connectivity index (χ1v) is 6.47. The quantitative estimate of drug-likeness (QED) is 0.722. The molecule has 0 aromatic heterocycles. The Balaban J connectivity index is 1.93. The van der Waals surface area contributed by atoms with Crippen molar-refractivity contribution in [3.8, 4) is 0 Å². The van der Waals surface area contributed by atoms with Gasteiger partial charge in [-0.3, -0.25) is 9.69 Å². The number of ketones is 1. The van der Waals surface area contributed by atoms with Gasteiger partial charge in [-0.2, -0.15) is 0 Å². The van der Waals surface area contributed by atoms with Crippen molar-refractivity contribution in [2.24, 2.45) is 0 Å². The van der Waals surface area contributed by atoms with Crippen molar-refractivity contribution in [1.29, 1.82) is 0 Å². The van der Waals surface area contributed by atoms with Gasteiger partial charge in [0, 0.05) is 37.3 Å². The van der Waals surface area contributed by atoms with E-state index in [-0.39, 0.29) is 0 Å². The van der Waals surface area contributed by atoms with Crippen LogP contribution >= 0.6 is 0 Å². The van der Waals surface area contributed by atoms with Crippen LogP contribution < -0.4 is 0 Å². The fourth-order valence-corrected chi connectivity index (χ4v) is 2.87. The second-order valence-corrected chi connectivity index (χ2v) is 4.71. The molecule has 0 amide bonds. The molecular formula is C13H22N2O. The molecule has 3 nitrogen and oxygen atoms in total. The highest BCUT2D eigenvalue weighted by atomic mass is 16.1. The first kappa shape index (κ1) is 11.6. The number of hydrogen-bond donors (Lipinski definition) is 0. The van der Waals surface area contributed by atoms with E-state index in [1.54, 1.807) is 0 Å². The fraction of sp³-hybridized carbons (Fsp3) is 0.769. The number of rotatable bonds is 4. The third-order valence-electron chi connectivity index (χ3n) is 3.85. The van der Waals surface area contributed by atoms with Crippen LogP contribution in [0.3, 0.4) is 0 Å². The van der Waals surface area contributed by atoms with Gasteiger partial charge in [-0.15, -0.1) is 0 Å². The normalized spacial score (nSPS) is 25.7. The molecule has 0 bridgehead atoms. The molecule has 0 saturated carbocycles. The molecule has 2 aliphatic rings. The Bertz CT molecular complexity index is 294. The number of carbonyl (C=O) groups is 1. The van der Waals surface area contributed by atoms with E-state index in [9.17, 15) is 4.79 Å². The van der Waals surface area contributed by atoms with E-state index in [0.717, 1.165) is 39.0 Å². The molecule has 1 aliphatic heterocycles. The summed E-state index contributed by atoms with van der Waals surface area (Å²) in [5, 5.41) is 0. The lowest BCUT2D eigenvalue weighted by Gasteiger charge is -2.27. The molecule has 1 heterocycles. The zero-order valence-electron chi connectivity index (χ0n) is 10.4. The van der Waals surface area contributed by atoms with Crippen LogP contribution in [0.15, 0.2) is 11.8 Å². The van der Waals surface area contributed by atoms with Crippen molar-refractivity contribution < 1.29 is 4.79 Å². The third kappa shape index (κ3) is 2.29. The Morgan fingerprint density at radius 3 is 2.69 bits per heavy atom. The van der Waals surface area contributed by atoms with E-state index in [1.165, 1.54) is 12.1 Å². The minimum Gasteiger partial charge on any atom is -0.373 e. The Labute approximate surface area is 98.1 Å². The molecule has 0 N–H and O–H groups in total. The summed E-state index contributed by atoms with van der Waals surface area (Å²) in [4.78, 5) is 16.2. The molecular weight excluding hydrogens is 200 g/mol. The van der Waals surface area contributed by atoms with E-state index < -0.39 is 0 Å². The number of carbonyl (C=O) groups excluding carboxylic acids is 1. The number of likely N-dealkylation sites (N-methyl/N-ethyl adjacent to an activating group) is 1. The molecule has 1 aliphatic carbocycles. The summed E-state index contributed by atoms with van der Waals surface area (Å²) >= 11 is 0. The average Bonchev–Trinajstić information content (AvgIpc) is 2.89. The molecule has 0 aromatic carbocycles. The summed E-state index contributed by atoms with van der Waals surface area (Å²) in [6, 6.07) is 0.687. The van der Waals surface area contributed by atoms with Gasteiger partial charge in [0.25, 0.3) is 0 Å². The largest absolute Gasteiger partial charge is 0.373 e. The van der Waals surface area contributed by atoms with E-state index in [0.29, 0.717) is 11.8 Å². The highest BCUT2D eigenvalue weighted by molar-refractivity contribution is 5.92. The van der Waals surface area contributed by atoms with Gasteiger partial charge in [-0.1, -0.05) is 13.8 Å². The fourth-order valence-electron chi connectivity index (χ4n) is 2.87. The smallest absolute Gasteiger partial charge is 0.157 e. The van der Waals surface area contributed by atoms with Crippen molar-refractivity contribution in [2.45, 2.75) is 39.2 Å². The van der Waals surface area contributed by atoms with Crippen LogP contribution in [0.2, 0.25) is 0 Å². The molecule has 1 unspecified atom stereocenters. The maximum absolute atomic E-state index is 11.2. The van der Waals surface area contributed by atoms with Gasteiger partial charge in [0.2, 0.25) is 0 Å². The van der Waals surface area contributed by atoms with Crippen LogP contribution in [0.25, 0.3) is 0 Å². The lowest BCUT2D eigenvalue weighted by atomic mass is 10.2. The van der Waals surface area contributed by atoms with Gasteiger partial charge in [-0.05, 0) is 25.9 Å². The van der Waals surface area contributed by atoms with E-state index in [2.05, 4.69) is 23.6 Å². The molecule has 0 aromatic rings. The lowest BCUT2D eigenvalue weighted by Crippen LogP contribution is -2.37. The van der Waals surface area contributed by atoms with Gasteiger partial charge in [-0.25, -0.2) is 0 Å². The molecule has 2 rings (SSSR count). The zero-order chi connectivity index (χ0) is 11.5. The van der Waals surface area contributed by atoms with Crippen molar-refractivity contribution >= 4 is 5.78 Å². The number of likely N-dealkylation sites (tertiary alicyclic amines) is 1. The third-order valence-corrected chi connectivity index (χ3v) is 3.85. The van der Waals surface area contributed by atoms with Crippen molar-refractivity contribution in [1.82, 2.24) is 9.80 Å². The molecule has 16 heavy (non-hydrogen) atoms. The minimum absolute atomic E-state index is 0.307. The van der Waals surface area contributed by atoms with Crippen LogP contribution in [0.5, 0.6) is 0 Å². The second-order valence-electron chi connectivity index (χ2n) is 4.71. The Hall–Kier alpha value is -0.830. The standard InChI is InChI=1S/C13H22N2O/c1-3-14(4-2)12-7-8-15(10-12)11-5-6-13(16)9-11/h9,12H,3-8,10H2,1-2H3. The van der Waals surface area contributed by atoms with Gasteiger partial charge < -0.3 is 4.90 Å². The Kier molecular flexibility index (Phi) is 3.64. The number of allylic oxidation sites excluding steroid dienone is 2. The average molecular weight is 222 g/mol. The van der Waals surface area contributed by atoms with Crippen LogP contribution in [0, 0.1) is 0 Å². The maximum Gasteiger partial charge on any atom is 0.157 e. The molecule has 3 heteroatoms. The second kappa shape index (κ2) is 5.00. The van der Waals surface area contributed by atoms with Gasteiger partial charge in [0.05, 0.1) is 0 Å². The molecule has 90 valence electrons. The topological polar surface area (TPSA) is 23.6 Å².